The van der Waals surface area contributed by atoms with Gasteiger partial charge in [-0.2, -0.15) is 0 Å². The average Bonchev–Trinajstić information content (AvgIpc) is 2.39. The van der Waals surface area contributed by atoms with Crippen LogP contribution in [0.2, 0.25) is 0 Å². The van der Waals surface area contributed by atoms with E-state index in [1.165, 1.54) is 0 Å². The van der Waals surface area contributed by atoms with Crippen LogP contribution in [0.3, 0.4) is 0 Å². The molecule has 1 aliphatic carbocycles. The Morgan fingerprint density at radius 2 is 1.95 bits per heavy atom. The monoisotopic (exact) mass is 311 g/mol. The lowest BCUT2D eigenvalue weighted by atomic mass is 9.82. The molecule has 2 N–H and O–H groups in total. The summed E-state index contributed by atoms with van der Waals surface area (Å²) in [5, 5.41) is -1.25. The fourth-order valence-corrected chi connectivity index (χ4v) is 5.17. The zero-order chi connectivity index (χ0) is 14.5. The fourth-order valence-electron chi connectivity index (χ4n) is 2.66. The number of alkyl halides is 1. The third-order valence-corrected chi connectivity index (χ3v) is 6.57. The number of halogens is 1. The minimum Gasteiger partial charge on any atom is -0.315 e. The molecule has 0 aromatic rings. The van der Waals surface area contributed by atoms with E-state index in [1.807, 2.05) is 0 Å². The summed E-state index contributed by atoms with van der Waals surface area (Å²) in [6.45, 7) is 3.93. The molecule has 0 aliphatic heterocycles. The number of nitrogens with two attached hydrogens (primary N) is 1. The zero-order valence-electron chi connectivity index (χ0n) is 11.6. The van der Waals surface area contributed by atoms with Gasteiger partial charge in [0.15, 0.2) is 5.78 Å². The molecule has 7 heteroatoms. The molecule has 0 bridgehead atoms. The van der Waals surface area contributed by atoms with Crippen molar-refractivity contribution >= 4 is 25.0 Å². The maximum absolute atomic E-state index is 13.0. The first-order valence-electron chi connectivity index (χ1n) is 6.72. The van der Waals surface area contributed by atoms with Crippen LogP contribution in [-0.4, -0.2) is 30.2 Å². The van der Waals surface area contributed by atoms with E-state index in [-0.39, 0.29) is 24.9 Å². The molecule has 0 saturated heterocycles. The summed E-state index contributed by atoms with van der Waals surface area (Å²) >= 11 is 5.64. The lowest BCUT2D eigenvalue weighted by molar-refractivity contribution is -0.122. The van der Waals surface area contributed by atoms with E-state index in [0.717, 1.165) is 12.8 Å². The number of Topliss-reactive ketones (excluding diaryl/α,β-unsaturated/α-hetero) is 1. The second-order valence-electron chi connectivity index (χ2n) is 4.72. The van der Waals surface area contributed by atoms with E-state index in [4.69, 9.17) is 26.4 Å². The fraction of sp³-hybridized carbons (Fsp3) is 0.917. The molecule has 5 nitrogen and oxygen atoms in total. The molecule has 0 amide bonds. The quantitative estimate of drug-likeness (QED) is 0.577. The molecule has 0 aromatic heterocycles. The van der Waals surface area contributed by atoms with Gasteiger partial charge in [0.25, 0.3) is 0 Å². The Morgan fingerprint density at radius 1 is 1.37 bits per heavy atom. The number of hydrogen-bond donors (Lipinski definition) is 1. The van der Waals surface area contributed by atoms with E-state index in [9.17, 15) is 9.36 Å². The van der Waals surface area contributed by atoms with Crippen molar-refractivity contribution in [1.82, 2.24) is 0 Å². The van der Waals surface area contributed by atoms with Crippen LogP contribution in [0.5, 0.6) is 0 Å². The molecule has 1 fully saturated rings. The minimum absolute atomic E-state index is 0.123. The molecular formula is C12H23ClNO4P. The molecule has 1 saturated carbocycles. The predicted molar refractivity (Wildman–Crippen MR) is 75.5 cm³/mol. The SMILES string of the molecule is CCOP(=O)(OCC)C1(N)CCCCC1C(=O)CCl. The molecule has 112 valence electrons. The molecule has 2 atom stereocenters. The predicted octanol–water partition coefficient (Wildman–Crippen LogP) is 2.91. The molecule has 0 aromatic carbocycles. The normalized spacial score (nSPS) is 28.3. The minimum atomic E-state index is -3.53. The highest BCUT2D eigenvalue weighted by Crippen LogP contribution is 2.64. The van der Waals surface area contributed by atoms with Crippen molar-refractivity contribution in [3.63, 3.8) is 0 Å². The Labute approximate surface area is 119 Å². The van der Waals surface area contributed by atoms with Crippen molar-refractivity contribution in [3.05, 3.63) is 0 Å². The Balaban J connectivity index is 3.12. The van der Waals surface area contributed by atoms with Gasteiger partial charge >= 0.3 is 7.60 Å². The summed E-state index contributed by atoms with van der Waals surface area (Å²) in [5.74, 6) is -0.854. The summed E-state index contributed by atoms with van der Waals surface area (Å²) in [4.78, 5) is 12.0. The van der Waals surface area contributed by atoms with Gasteiger partial charge in [0.2, 0.25) is 0 Å². The van der Waals surface area contributed by atoms with Gasteiger partial charge in [-0.15, -0.1) is 11.6 Å². The number of ketones is 1. The van der Waals surface area contributed by atoms with Gasteiger partial charge in [-0.05, 0) is 26.7 Å². The van der Waals surface area contributed by atoms with Gasteiger partial charge in [0, 0.05) is 5.92 Å². The molecule has 0 spiro atoms. The highest BCUT2D eigenvalue weighted by Gasteiger charge is 2.56. The summed E-state index contributed by atoms with van der Waals surface area (Å²) in [5.41, 5.74) is 6.34. The Hall–Kier alpha value is 0.0700. The summed E-state index contributed by atoms with van der Waals surface area (Å²) in [6.07, 6.45) is 2.74. The maximum atomic E-state index is 13.0. The average molecular weight is 312 g/mol. The van der Waals surface area contributed by atoms with Crippen LogP contribution < -0.4 is 5.73 Å². The Morgan fingerprint density at radius 3 is 2.42 bits per heavy atom. The van der Waals surface area contributed by atoms with Crippen molar-refractivity contribution in [3.8, 4) is 0 Å². The Kier molecular flexibility index (Phi) is 6.48. The third kappa shape index (κ3) is 3.40. The summed E-state index contributed by atoms with van der Waals surface area (Å²) in [7, 11) is -3.53. The van der Waals surface area contributed by atoms with Gasteiger partial charge in [-0.3, -0.25) is 9.36 Å². The van der Waals surface area contributed by atoms with Gasteiger partial charge in [0.1, 0.15) is 5.28 Å². The number of carbonyl (C=O) groups is 1. The molecule has 19 heavy (non-hydrogen) atoms. The molecule has 2 unspecified atom stereocenters. The molecule has 0 radical (unpaired) electrons. The van der Waals surface area contributed by atoms with E-state index in [1.54, 1.807) is 13.8 Å². The molecule has 0 heterocycles. The molecule has 1 aliphatic rings. The van der Waals surface area contributed by atoms with Crippen molar-refractivity contribution in [2.45, 2.75) is 44.8 Å². The van der Waals surface area contributed by atoms with E-state index in [2.05, 4.69) is 0 Å². The van der Waals surface area contributed by atoms with Crippen LogP contribution in [-0.2, 0) is 18.4 Å². The second-order valence-corrected chi connectivity index (χ2v) is 7.33. The first-order chi connectivity index (χ1) is 8.95. The van der Waals surface area contributed by atoms with E-state index in [0.29, 0.717) is 12.8 Å². The largest absolute Gasteiger partial charge is 0.351 e. The van der Waals surface area contributed by atoms with Crippen molar-refractivity contribution < 1.29 is 18.4 Å². The van der Waals surface area contributed by atoms with E-state index >= 15 is 0 Å². The van der Waals surface area contributed by atoms with Gasteiger partial charge in [-0.1, -0.05) is 12.8 Å². The van der Waals surface area contributed by atoms with E-state index < -0.39 is 18.8 Å². The third-order valence-electron chi connectivity index (χ3n) is 3.55. The zero-order valence-corrected chi connectivity index (χ0v) is 13.2. The molecular weight excluding hydrogens is 289 g/mol. The second kappa shape index (κ2) is 7.19. The highest BCUT2D eigenvalue weighted by atomic mass is 35.5. The van der Waals surface area contributed by atoms with Gasteiger partial charge in [-0.25, -0.2) is 0 Å². The molecule has 1 rings (SSSR count). The lowest BCUT2D eigenvalue weighted by Gasteiger charge is -2.43. The summed E-state index contributed by atoms with van der Waals surface area (Å²) in [6, 6.07) is 0. The first-order valence-corrected chi connectivity index (χ1v) is 8.79. The van der Waals surface area contributed by atoms with Crippen LogP contribution in [0, 0.1) is 5.92 Å². The maximum Gasteiger partial charge on any atom is 0.351 e. The lowest BCUT2D eigenvalue weighted by Crippen LogP contribution is -2.53. The van der Waals surface area contributed by atoms with Crippen LogP contribution >= 0.6 is 19.2 Å². The number of rotatable bonds is 7. The number of carbonyl (C=O) groups excluding carboxylic acids is 1. The van der Waals surface area contributed by atoms with Gasteiger partial charge < -0.3 is 14.8 Å². The van der Waals surface area contributed by atoms with Crippen LogP contribution in [0.25, 0.3) is 0 Å². The van der Waals surface area contributed by atoms with Crippen LogP contribution in [0.4, 0.5) is 0 Å². The first kappa shape index (κ1) is 17.1. The Bertz CT molecular complexity index is 356. The topological polar surface area (TPSA) is 78.6 Å². The van der Waals surface area contributed by atoms with Crippen LogP contribution in [0.1, 0.15) is 39.5 Å². The highest BCUT2D eigenvalue weighted by molar-refractivity contribution is 7.55. The van der Waals surface area contributed by atoms with Crippen molar-refractivity contribution in [1.29, 1.82) is 0 Å². The summed E-state index contributed by atoms with van der Waals surface area (Å²) < 4.78 is 23.7. The van der Waals surface area contributed by atoms with Crippen molar-refractivity contribution in [2.75, 3.05) is 19.1 Å². The van der Waals surface area contributed by atoms with Crippen LogP contribution in [0.15, 0.2) is 0 Å². The van der Waals surface area contributed by atoms with Gasteiger partial charge in [0.05, 0.1) is 19.1 Å². The van der Waals surface area contributed by atoms with Crippen molar-refractivity contribution in [2.24, 2.45) is 11.7 Å². The standard InChI is InChI=1S/C12H23ClNO4P/c1-3-17-19(16,18-4-2)12(14)8-6-5-7-10(12)11(15)9-13/h10H,3-9,14H2,1-2H3. The number of hydrogen-bond acceptors (Lipinski definition) is 5. The smallest absolute Gasteiger partial charge is 0.315 e.